The molecule has 0 saturated carbocycles. The maximum absolute atomic E-state index is 11.2. The van der Waals surface area contributed by atoms with Crippen LogP contribution in [0, 0.1) is 0 Å². The molecule has 0 N–H and O–H groups in total. The molecule has 0 aliphatic heterocycles. The van der Waals surface area contributed by atoms with Gasteiger partial charge in [0.25, 0.3) is 0 Å². The van der Waals surface area contributed by atoms with E-state index in [1.807, 2.05) is 13.8 Å². The Morgan fingerprint density at radius 2 is 1.82 bits per heavy atom. The highest BCUT2D eigenvalue weighted by Gasteiger charge is 2.29. The second-order valence-corrected chi connectivity index (χ2v) is 8.25. The van der Waals surface area contributed by atoms with Crippen molar-refractivity contribution in [2.75, 3.05) is 32.7 Å². The minimum atomic E-state index is -2.00. The summed E-state index contributed by atoms with van der Waals surface area (Å²) in [7, 11) is -0.461. The molecule has 0 heterocycles. The first kappa shape index (κ1) is 17.1. The van der Waals surface area contributed by atoms with Crippen molar-refractivity contribution in [3.8, 4) is 0 Å². The highest BCUT2D eigenvalue weighted by atomic mass is 32.2. The molecule has 0 rings (SSSR count). The van der Waals surface area contributed by atoms with Crippen molar-refractivity contribution >= 4 is 25.4 Å². The van der Waals surface area contributed by atoms with Gasteiger partial charge in [-0.25, -0.2) is 0 Å². The van der Waals surface area contributed by atoms with Crippen LogP contribution in [0.25, 0.3) is 0 Å². The topological polar surface area (TPSA) is 44.8 Å². The Morgan fingerprint density at radius 3 is 2.29 bits per heavy atom. The number of ether oxygens (including phenoxy) is 1. The highest BCUT2D eigenvalue weighted by Crippen LogP contribution is 2.18. The quantitative estimate of drug-likeness (QED) is 0.454. The molecule has 0 aromatic heterocycles. The molecule has 0 atom stereocenters. The summed E-state index contributed by atoms with van der Waals surface area (Å²) in [5, 5.41) is 0.0867. The lowest BCUT2D eigenvalue weighted by atomic mass is 10.6. The van der Waals surface area contributed by atoms with Crippen LogP contribution in [-0.2, 0) is 18.4 Å². The minimum Gasteiger partial charge on any atom is -0.395 e. The summed E-state index contributed by atoms with van der Waals surface area (Å²) in [5.41, 5.74) is 0. The van der Waals surface area contributed by atoms with Gasteiger partial charge < -0.3 is 13.6 Å². The molecule has 0 aromatic rings. The molecule has 6 heteroatoms. The van der Waals surface area contributed by atoms with Crippen molar-refractivity contribution in [3.63, 3.8) is 0 Å². The Bertz CT molecular complexity index is 208. The first-order valence-corrected chi connectivity index (χ1v) is 9.51. The molecule has 0 amide bonds. The van der Waals surface area contributed by atoms with Crippen LogP contribution in [0.2, 0.25) is 12.6 Å². The van der Waals surface area contributed by atoms with Gasteiger partial charge >= 0.3 is 8.56 Å². The van der Waals surface area contributed by atoms with Gasteiger partial charge in [-0.2, -0.15) is 0 Å². The zero-order valence-electron chi connectivity index (χ0n) is 11.3. The van der Waals surface area contributed by atoms with Crippen LogP contribution in [0.5, 0.6) is 0 Å². The maximum atomic E-state index is 11.2. The van der Waals surface area contributed by atoms with Crippen LogP contribution in [0.4, 0.5) is 0 Å². The Labute approximate surface area is 110 Å². The molecule has 0 spiro atoms. The van der Waals surface area contributed by atoms with Crippen LogP contribution < -0.4 is 0 Å². The number of rotatable bonds is 10. The number of hydrogen-bond donors (Lipinski definition) is 0. The lowest BCUT2D eigenvalue weighted by Gasteiger charge is -2.25. The Hall–Kier alpha value is 0.117. The normalized spacial score (nSPS) is 11.8. The molecule has 0 aliphatic rings. The average Bonchev–Trinajstić information content (AvgIpc) is 2.26. The summed E-state index contributed by atoms with van der Waals surface area (Å²) in [6, 6.07) is 0.932. The van der Waals surface area contributed by atoms with Gasteiger partial charge in [0, 0.05) is 26.1 Å². The summed E-state index contributed by atoms with van der Waals surface area (Å²) in [6.45, 7) is 7.64. The molecule has 0 fully saturated rings. The largest absolute Gasteiger partial charge is 0.395 e. The first-order valence-electron chi connectivity index (χ1n) is 6.00. The van der Waals surface area contributed by atoms with Gasteiger partial charge in [-0.15, -0.1) is 0 Å². The van der Waals surface area contributed by atoms with Gasteiger partial charge in [0.1, 0.15) is 6.61 Å². The Kier molecular flexibility index (Phi) is 10.1. The number of hydrogen-bond acceptors (Lipinski definition) is 5. The van der Waals surface area contributed by atoms with Crippen molar-refractivity contribution in [1.29, 1.82) is 0 Å². The second-order valence-electron chi connectivity index (χ2n) is 3.76. The van der Waals surface area contributed by atoms with E-state index < -0.39 is 8.56 Å². The van der Waals surface area contributed by atoms with Gasteiger partial charge in [0.05, 0.1) is 0 Å². The molecule has 0 aromatic carbocycles. The predicted octanol–water partition coefficient (Wildman–Crippen LogP) is 2.43. The van der Waals surface area contributed by atoms with Crippen molar-refractivity contribution in [2.45, 2.75) is 32.9 Å². The zero-order chi connectivity index (χ0) is 13.1. The van der Waals surface area contributed by atoms with Gasteiger partial charge in [-0.3, -0.25) is 4.79 Å². The van der Waals surface area contributed by atoms with E-state index in [1.165, 1.54) is 18.9 Å². The van der Waals surface area contributed by atoms with E-state index in [-0.39, 0.29) is 11.7 Å². The molecular weight excluding hydrogens is 256 g/mol. The summed E-state index contributed by atoms with van der Waals surface area (Å²) in [6.07, 6.45) is 0.947. The monoisotopic (exact) mass is 280 g/mol. The van der Waals surface area contributed by atoms with Crippen LogP contribution in [0.1, 0.15) is 20.3 Å². The fourth-order valence-electron chi connectivity index (χ4n) is 1.54. The van der Waals surface area contributed by atoms with Gasteiger partial charge in [-0.05, 0) is 32.9 Å². The lowest BCUT2D eigenvalue weighted by molar-refractivity contribution is -0.114. The Balaban J connectivity index is 3.78. The smallest absolute Gasteiger partial charge is 0.334 e. The fraction of sp³-hybridized carbons (Fsp3) is 0.909. The SMILES string of the molecule is CCO[Si](C)(CCCSC(=O)COC)OCC. The summed E-state index contributed by atoms with van der Waals surface area (Å²) < 4.78 is 16.2. The molecular formula is C11H24O4SSi. The maximum Gasteiger partial charge on any atom is 0.334 e. The molecule has 4 nitrogen and oxygen atoms in total. The van der Waals surface area contributed by atoms with Crippen LogP contribution in [0.3, 0.4) is 0 Å². The van der Waals surface area contributed by atoms with Crippen LogP contribution >= 0.6 is 11.8 Å². The number of carbonyl (C=O) groups is 1. The highest BCUT2D eigenvalue weighted by molar-refractivity contribution is 8.13. The molecule has 0 saturated heterocycles. The standard InChI is InChI=1S/C11H24O4SSi/c1-5-14-17(4,15-6-2)9-7-8-16-11(12)10-13-3/h5-10H2,1-4H3. The summed E-state index contributed by atoms with van der Waals surface area (Å²) in [5.74, 6) is 0.810. The first-order chi connectivity index (χ1) is 8.08. The molecule has 102 valence electrons. The summed E-state index contributed by atoms with van der Waals surface area (Å²) in [4.78, 5) is 11.2. The van der Waals surface area contributed by atoms with Gasteiger partial charge in [0.15, 0.2) is 0 Å². The predicted molar refractivity (Wildman–Crippen MR) is 73.6 cm³/mol. The van der Waals surface area contributed by atoms with E-state index in [1.54, 1.807) is 0 Å². The van der Waals surface area contributed by atoms with E-state index in [2.05, 4.69) is 6.55 Å². The van der Waals surface area contributed by atoms with Crippen molar-refractivity contribution in [1.82, 2.24) is 0 Å². The average molecular weight is 280 g/mol. The third-order valence-corrected chi connectivity index (χ3v) is 6.19. The molecule has 0 unspecified atom stereocenters. The fourth-order valence-corrected chi connectivity index (χ4v) is 4.92. The van der Waals surface area contributed by atoms with Gasteiger partial charge in [-0.1, -0.05) is 11.8 Å². The number of carbonyl (C=O) groups excluding carboxylic acids is 1. The molecule has 0 aliphatic carbocycles. The van der Waals surface area contributed by atoms with E-state index in [0.29, 0.717) is 13.2 Å². The van der Waals surface area contributed by atoms with Crippen LogP contribution in [0.15, 0.2) is 0 Å². The van der Waals surface area contributed by atoms with Gasteiger partial charge in [0.2, 0.25) is 5.12 Å². The van der Waals surface area contributed by atoms with Crippen molar-refractivity contribution in [3.05, 3.63) is 0 Å². The molecule has 0 bridgehead atoms. The third kappa shape index (κ3) is 8.79. The van der Waals surface area contributed by atoms with E-state index in [9.17, 15) is 4.79 Å². The molecule has 0 radical (unpaired) electrons. The number of thioether (sulfide) groups is 1. The Morgan fingerprint density at radius 1 is 1.24 bits per heavy atom. The van der Waals surface area contributed by atoms with E-state index in [0.717, 1.165) is 18.2 Å². The van der Waals surface area contributed by atoms with E-state index >= 15 is 0 Å². The zero-order valence-corrected chi connectivity index (χ0v) is 13.1. The molecule has 17 heavy (non-hydrogen) atoms. The lowest BCUT2D eigenvalue weighted by Crippen LogP contribution is -2.38. The van der Waals surface area contributed by atoms with Crippen molar-refractivity contribution < 1.29 is 18.4 Å². The number of methoxy groups -OCH3 is 1. The van der Waals surface area contributed by atoms with Crippen LogP contribution in [-0.4, -0.2) is 46.4 Å². The summed E-state index contributed by atoms with van der Waals surface area (Å²) >= 11 is 1.33. The third-order valence-electron chi connectivity index (χ3n) is 2.20. The van der Waals surface area contributed by atoms with E-state index in [4.69, 9.17) is 13.6 Å². The minimum absolute atomic E-state index is 0.0867. The van der Waals surface area contributed by atoms with Crippen molar-refractivity contribution in [2.24, 2.45) is 0 Å². The second kappa shape index (κ2) is 10.1.